The number of nitrogens with two attached hydrogens (primary N) is 1. The summed E-state index contributed by atoms with van der Waals surface area (Å²) in [5, 5.41) is 9.26. The van der Waals surface area contributed by atoms with Crippen LogP contribution in [0.15, 0.2) is 39.9 Å². The van der Waals surface area contributed by atoms with Gasteiger partial charge in [-0.15, -0.1) is 0 Å². The fourth-order valence-electron chi connectivity index (χ4n) is 1.99. The van der Waals surface area contributed by atoms with E-state index in [0.29, 0.717) is 12.0 Å². The Morgan fingerprint density at radius 3 is 2.61 bits per heavy atom. The molecule has 1 aromatic carbocycles. The van der Waals surface area contributed by atoms with Crippen molar-refractivity contribution in [2.24, 2.45) is 15.7 Å². The summed E-state index contributed by atoms with van der Waals surface area (Å²) in [7, 11) is 0. The zero-order valence-electron chi connectivity index (χ0n) is 12.3. The lowest BCUT2D eigenvalue weighted by atomic mass is 10.2. The van der Waals surface area contributed by atoms with E-state index in [1.807, 2.05) is 0 Å². The number of hydrogen-bond acceptors (Lipinski definition) is 5. The number of amidine groups is 1. The lowest BCUT2D eigenvalue weighted by Gasteiger charge is -2.15. The van der Waals surface area contributed by atoms with Crippen LogP contribution in [0, 0.1) is 0 Å². The number of hydrogen-bond donors (Lipinski definition) is 2. The molecule has 0 radical (unpaired) electrons. The fourth-order valence-corrected chi connectivity index (χ4v) is 1.99. The van der Waals surface area contributed by atoms with E-state index >= 15 is 0 Å². The van der Waals surface area contributed by atoms with E-state index in [0.717, 1.165) is 4.90 Å². The van der Waals surface area contributed by atoms with Crippen LogP contribution in [0.2, 0.25) is 0 Å². The first-order valence-electron chi connectivity index (χ1n) is 6.60. The normalized spacial score (nSPS) is 16.7. The Morgan fingerprint density at radius 2 is 2.04 bits per heavy atom. The van der Waals surface area contributed by atoms with Gasteiger partial charge in [0.2, 0.25) is 12.3 Å². The van der Waals surface area contributed by atoms with Gasteiger partial charge in [0.25, 0.3) is 5.91 Å². The van der Waals surface area contributed by atoms with Crippen molar-refractivity contribution in [3.8, 4) is 5.75 Å². The van der Waals surface area contributed by atoms with Crippen LogP contribution in [-0.2, 0) is 14.4 Å². The molecule has 3 N–H and O–H groups in total. The molecule has 1 aliphatic heterocycles. The van der Waals surface area contributed by atoms with Crippen LogP contribution in [0.5, 0.6) is 5.75 Å². The van der Waals surface area contributed by atoms with E-state index in [-0.39, 0.29) is 29.5 Å². The molecule has 23 heavy (non-hydrogen) atoms. The third-order valence-electron chi connectivity index (χ3n) is 3.03. The average molecular weight is 314 g/mol. The molecule has 0 unspecified atom stereocenters. The molecule has 1 aromatic rings. The Hall–Kier alpha value is -3.29. The van der Waals surface area contributed by atoms with Crippen LogP contribution in [0.4, 0.5) is 0 Å². The first-order chi connectivity index (χ1) is 10.9. The molecule has 0 saturated carbocycles. The molecule has 0 aromatic heterocycles. The number of primary amides is 1. The van der Waals surface area contributed by atoms with Crippen molar-refractivity contribution in [3.63, 3.8) is 0 Å². The lowest BCUT2D eigenvalue weighted by molar-refractivity contribution is -0.127. The molecular weight excluding hydrogens is 300 g/mol. The molecule has 0 saturated heterocycles. The van der Waals surface area contributed by atoms with Crippen molar-refractivity contribution in [3.05, 3.63) is 35.5 Å². The molecule has 0 fully saturated rings. The van der Waals surface area contributed by atoms with Gasteiger partial charge in [0, 0.05) is 0 Å². The number of phenols is 1. The number of carbonyl (C=O) groups is 3. The highest BCUT2D eigenvalue weighted by Crippen LogP contribution is 2.20. The van der Waals surface area contributed by atoms with Crippen molar-refractivity contribution < 1.29 is 19.5 Å². The molecule has 3 amide bonds. The molecule has 0 bridgehead atoms. The molecule has 0 aliphatic carbocycles. The second kappa shape index (κ2) is 6.65. The van der Waals surface area contributed by atoms with Crippen LogP contribution in [0.1, 0.15) is 12.5 Å². The Labute approximate surface area is 131 Å². The number of phenolic OH excluding ortho intramolecular Hbond substituents is 1. The van der Waals surface area contributed by atoms with E-state index in [1.165, 1.54) is 25.1 Å². The molecular formula is C15H14N4O4. The second-order valence-corrected chi connectivity index (χ2v) is 4.73. The highest BCUT2D eigenvalue weighted by atomic mass is 16.3. The van der Waals surface area contributed by atoms with Crippen LogP contribution < -0.4 is 5.73 Å². The summed E-state index contributed by atoms with van der Waals surface area (Å²) in [6, 6.07) is 6.15. The first kappa shape index (κ1) is 16.1. The average Bonchev–Trinajstić information content (AvgIpc) is 2.79. The predicted molar refractivity (Wildman–Crippen MR) is 83.6 cm³/mol. The van der Waals surface area contributed by atoms with Gasteiger partial charge in [0.05, 0.1) is 5.71 Å². The zero-order chi connectivity index (χ0) is 17.0. The summed E-state index contributed by atoms with van der Waals surface area (Å²) in [4.78, 5) is 42.8. The van der Waals surface area contributed by atoms with Gasteiger partial charge in [-0.25, -0.2) is 9.98 Å². The fraction of sp³-hybridized carbons (Fsp3) is 0.133. The van der Waals surface area contributed by atoms with Crippen molar-refractivity contribution in [1.29, 1.82) is 0 Å². The van der Waals surface area contributed by atoms with Gasteiger partial charge in [-0.3, -0.25) is 19.3 Å². The molecule has 8 nitrogen and oxygen atoms in total. The number of aliphatic imine (C=N–C) groups is 2. The maximum atomic E-state index is 12.4. The Balaban J connectivity index is 2.42. The molecule has 0 atom stereocenters. The Morgan fingerprint density at radius 1 is 1.39 bits per heavy atom. The van der Waals surface area contributed by atoms with Gasteiger partial charge in [-0.2, -0.15) is 0 Å². The molecule has 8 heteroatoms. The largest absolute Gasteiger partial charge is 0.508 e. The van der Waals surface area contributed by atoms with Gasteiger partial charge >= 0.3 is 0 Å². The van der Waals surface area contributed by atoms with E-state index in [9.17, 15) is 19.5 Å². The highest BCUT2D eigenvalue weighted by Gasteiger charge is 2.32. The van der Waals surface area contributed by atoms with Crippen LogP contribution in [0.25, 0.3) is 6.08 Å². The van der Waals surface area contributed by atoms with E-state index < -0.39 is 11.8 Å². The molecule has 2 rings (SSSR count). The van der Waals surface area contributed by atoms with Crippen molar-refractivity contribution >= 4 is 35.8 Å². The summed E-state index contributed by atoms with van der Waals surface area (Å²) in [5.41, 5.74) is 6.05. The lowest BCUT2D eigenvalue weighted by Crippen LogP contribution is -2.41. The SMILES string of the molecule is CC(=NC=O)C1=N/C(=C/c2ccc(O)cc2)C(=O)N1CC(N)=O. The smallest absolute Gasteiger partial charge is 0.278 e. The molecule has 118 valence electrons. The quantitative estimate of drug-likeness (QED) is 0.453. The summed E-state index contributed by atoms with van der Waals surface area (Å²) < 4.78 is 0. The van der Waals surface area contributed by atoms with Gasteiger partial charge in [-0.1, -0.05) is 12.1 Å². The third-order valence-corrected chi connectivity index (χ3v) is 3.03. The topological polar surface area (TPSA) is 125 Å². The number of rotatable bonds is 5. The van der Waals surface area contributed by atoms with Gasteiger partial charge < -0.3 is 10.8 Å². The van der Waals surface area contributed by atoms with E-state index in [1.54, 1.807) is 12.1 Å². The number of amides is 3. The maximum Gasteiger partial charge on any atom is 0.278 e. The predicted octanol–water partition coefficient (Wildman–Crippen LogP) is 0.0764. The number of nitrogens with zero attached hydrogens (tertiary/aromatic N) is 3. The number of carbonyl (C=O) groups excluding carboxylic acids is 3. The summed E-state index contributed by atoms with van der Waals surface area (Å²) >= 11 is 0. The highest BCUT2D eigenvalue weighted by molar-refractivity contribution is 6.46. The van der Waals surface area contributed by atoms with Gasteiger partial charge in [-0.05, 0) is 30.7 Å². The zero-order valence-corrected chi connectivity index (χ0v) is 12.3. The Kier molecular flexibility index (Phi) is 4.65. The van der Waals surface area contributed by atoms with Gasteiger partial charge in [0.15, 0.2) is 5.84 Å². The maximum absolute atomic E-state index is 12.4. The first-order valence-corrected chi connectivity index (χ1v) is 6.60. The number of aromatic hydroxyl groups is 1. The van der Waals surface area contributed by atoms with Crippen LogP contribution in [0.3, 0.4) is 0 Å². The third kappa shape index (κ3) is 3.67. The van der Waals surface area contributed by atoms with Crippen molar-refractivity contribution in [2.45, 2.75) is 6.92 Å². The van der Waals surface area contributed by atoms with Gasteiger partial charge in [0.1, 0.15) is 18.0 Å². The minimum absolute atomic E-state index is 0.0763. The molecule has 0 spiro atoms. The summed E-state index contributed by atoms with van der Waals surface area (Å²) in [6.45, 7) is 1.13. The monoisotopic (exact) mass is 314 g/mol. The molecule has 1 aliphatic rings. The molecule has 1 heterocycles. The summed E-state index contributed by atoms with van der Waals surface area (Å²) in [5.74, 6) is -1.03. The van der Waals surface area contributed by atoms with Crippen molar-refractivity contribution in [2.75, 3.05) is 6.54 Å². The van der Waals surface area contributed by atoms with Crippen LogP contribution in [-0.4, -0.2) is 46.3 Å². The van der Waals surface area contributed by atoms with Crippen LogP contribution >= 0.6 is 0 Å². The van der Waals surface area contributed by atoms with E-state index in [2.05, 4.69) is 9.98 Å². The second-order valence-electron chi connectivity index (χ2n) is 4.73. The van der Waals surface area contributed by atoms with Crippen molar-refractivity contribution in [1.82, 2.24) is 4.90 Å². The minimum atomic E-state index is -0.712. The Bertz CT molecular complexity index is 747. The summed E-state index contributed by atoms with van der Waals surface area (Å²) in [6.07, 6.45) is 1.82. The van der Waals surface area contributed by atoms with E-state index in [4.69, 9.17) is 5.73 Å². The standard InChI is InChI=1S/C15H14N4O4/c1-9(17-8-20)14-18-12(15(23)19(14)7-13(16)22)6-10-2-4-11(21)5-3-10/h2-6,8,21H,7H2,1H3,(H2,16,22)/b12-6+,17-9?. The minimum Gasteiger partial charge on any atom is -0.508 e. The number of benzene rings is 1.